The number of piperazine rings is 1. The van der Waals surface area contributed by atoms with Crippen molar-refractivity contribution in [3.8, 4) is 5.75 Å². The minimum atomic E-state index is 0.678. The van der Waals surface area contributed by atoms with Crippen molar-refractivity contribution in [2.45, 2.75) is 26.3 Å². The van der Waals surface area contributed by atoms with Gasteiger partial charge in [-0.15, -0.1) is 0 Å². The van der Waals surface area contributed by atoms with Gasteiger partial charge in [-0.3, -0.25) is 4.99 Å². The molecule has 1 aromatic carbocycles. The summed E-state index contributed by atoms with van der Waals surface area (Å²) in [5, 5.41) is 6.78. The molecule has 1 aliphatic heterocycles. The summed E-state index contributed by atoms with van der Waals surface area (Å²) in [4.78, 5) is 9.28. The van der Waals surface area contributed by atoms with E-state index in [4.69, 9.17) is 4.74 Å². The number of guanidine groups is 1. The smallest absolute Gasteiger partial charge is 0.191 e. The van der Waals surface area contributed by atoms with Crippen LogP contribution in [0.5, 0.6) is 5.75 Å². The van der Waals surface area contributed by atoms with E-state index in [2.05, 4.69) is 38.5 Å². The van der Waals surface area contributed by atoms with Crippen LogP contribution < -0.4 is 15.4 Å². The van der Waals surface area contributed by atoms with Gasteiger partial charge in [0.25, 0.3) is 0 Å². The lowest BCUT2D eigenvalue weighted by Crippen LogP contribution is -2.44. The van der Waals surface area contributed by atoms with E-state index in [0.717, 1.165) is 30.2 Å². The van der Waals surface area contributed by atoms with Crippen LogP contribution in [0.25, 0.3) is 0 Å². The van der Waals surface area contributed by atoms with Crippen LogP contribution in [-0.4, -0.2) is 75.7 Å². The van der Waals surface area contributed by atoms with E-state index in [1.807, 2.05) is 32.2 Å². The zero-order valence-corrected chi connectivity index (χ0v) is 16.6. The molecule has 1 aliphatic rings. The molecular formula is C20H35N5O. The summed E-state index contributed by atoms with van der Waals surface area (Å²) in [6, 6.07) is 8.13. The minimum absolute atomic E-state index is 0.678. The Labute approximate surface area is 158 Å². The van der Waals surface area contributed by atoms with Crippen molar-refractivity contribution < 1.29 is 4.74 Å². The predicted octanol–water partition coefficient (Wildman–Crippen LogP) is 1.78. The van der Waals surface area contributed by atoms with Crippen molar-refractivity contribution >= 4 is 5.96 Å². The van der Waals surface area contributed by atoms with Gasteiger partial charge in [0.05, 0.1) is 6.61 Å². The van der Waals surface area contributed by atoms with Crippen molar-refractivity contribution in [2.75, 3.05) is 60.0 Å². The maximum absolute atomic E-state index is 5.67. The van der Waals surface area contributed by atoms with Crippen LogP contribution in [0, 0.1) is 0 Å². The third-order valence-corrected chi connectivity index (χ3v) is 4.73. The summed E-state index contributed by atoms with van der Waals surface area (Å²) in [6.45, 7) is 10.3. The lowest BCUT2D eigenvalue weighted by Gasteiger charge is -2.32. The highest BCUT2D eigenvalue weighted by molar-refractivity contribution is 5.79. The molecule has 2 rings (SSSR count). The minimum Gasteiger partial charge on any atom is -0.494 e. The zero-order chi connectivity index (χ0) is 18.6. The number of unbranched alkanes of at least 4 members (excludes halogenated alkanes) is 1. The van der Waals surface area contributed by atoms with Gasteiger partial charge < -0.3 is 25.2 Å². The van der Waals surface area contributed by atoms with Crippen LogP contribution in [0.15, 0.2) is 29.3 Å². The number of rotatable bonds is 9. The molecule has 1 heterocycles. The summed E-state index contributed by atoms with van der Waals surface area (Å²) < 4.78 is 5.67. The fourth-order valence-corrected chi connectivity index (χ4v) is 3.08. The summed E-state index contributed by atoms with van der Waals surface area (Å²) in [5.41, 5.74) is 1.15. The van der Waals surface area contributed by atoms with Crippen LogP contribution >= 0.6 is 0 Å². The van der Waals surface area contributed by atoms with Gasteiger partial charge in [0.1, 0.15) is 5.75 Å². The highest BCUT2D eigenvalue weighted by Gasteiger charge is 2.12. The Hall–Kier alpha value is -1.79. The number of nitrogens with zero attached hydrogens (tertiary/aromatic N) is 3. The lowest BCUT2D eigenvalue weighted by molar-refractivity contribution is 0.152. The molecule has 0 bridgehead atoms. The second-order valence-electron chi connectivity index (χ2n) is 6.75. The molecule has 0 amide bonds. The standard InChI is InChI=1S/C20H35N5O/c1-4-26-19-10-6-5-9-18(19)17-23-20(21-2)22-11-7-8-12-25-15-13-24(3)14-16-25/h5-6,9-10H,4,7-8,11-17H2,1-3H3,(H2,21,22,23). The van der Waals surface area contributed by atoms with E-state index < -0.39 is 0 Å². The second kappa shape index (κ2) is 11.8. The molecule has 0 aliphatic carbocycles. The highest BCUT2D eigenvalue weighted by Crippen LogP contribution is 2.17. The van der Waals surface area contributed by atoms with Gasteiger partial charge >= 0.3 is 0 Å². The van der Waals surface area contributed by atoms with Gasteiger partial charge in [-0.1, -0.05) is 18.2 Å². The Morgan fingerprint density at radius 3 is 2.62 bits per heavy atom. The lowest BCUT2D eigenvalue weighted by atomic mass is 10.2. The number of hydrogen-bond donors (Lipinski definition) is 2. The predicted molar refractivity (Wildman–Crippen MR) is 109 cm³/mol. The largest absolute Gasteiger partial charge is 0.494 e. The monoisotopic (exact) mass is 361 g/mol. The first kappa shape index (κ1) is 20.5. The summed E-state index contributed by atoms with van der Waals surface area (Å²) in [6.07, 6.45) is 2.38. The normalized spacial score (nSPS) is 16.5. The van der Waals surface area contributed by atoms with Gasteiger partial charge in [-0.05, 0) is 39.4 Å². The van der Waals surface area contributed by atoms with Crippen LogP contribution in [0.3, 0.4) is 0 Å². The maximum Gasteiger partial charge on any atom is 0.191 e. The number of nitrogens with one attached hydrogen (secondary N) is 2. The molecule has 1 saturated heterocycles. The van der Waals surface area contributed by atoms with Crippen molar-refractivity contribution in [3.63, 3.8) is 0 Å². The van der Waals surface area contributed by atoms with Gasteiger partial charge in [-0.2, -0.15) is 0 Å². The molecule has 0 atom stereocenters. The van der Waals surface area contributed by atoms with E-state index in [1.54, 1.807) is 0 Å². The molecule has 0 unspecified atom stereocenters. The van der Waals surface area contributed by atoms with E-state index in [-0.39, 0.29) is 0 Å². The molecule has 0 radical (unpaired) electrons. The maximum atomic E-state index is 5.67. The first-order valence-electron chi connectivity index (χ1n) is 9.79. The number of para-hydroxylation sites is 1. The summed E-state index contributed by atoms with van der Waals surface area (Å²) in [5.74, 6) is 1.78. The van der Waals surface area contributed by atoms with E-state index in [1.165, 1.54) is 39.1 Å². The van der Waals surface area contributed by atoms with E-state index >= 15 is 0 Å². The molecule has 26 heavy (non-hydrogen) atoms. The second-order valence-corrected chi connectivity index (χ2v) is 6.75. The molecule has 6 nitrogen and oxygen atoms in total. The highest BCUT2D eigenvalue weighted by atomic mass is 16.5. The quantitative estimate of drug-likeness (QED) is 0.399. The molecule has 0 spiro atoms. The van der Waals surface area contributed by atoms with Crippen LogP contribution in [0.4, 0.5) is 0 Å². The van der Waals surface area contributed by atoms with Gasteiger partial charge in [0.15, 0.2) is 5.96 Å². The molecule has 1 fully saturated rings. The Kier molecular flexibility index (Phi) is 9.28. The third kappa shape index (κ3) is 7.22. The fourth-order valence-electron chi connectivity index (χ4n) is 3.08. The van der Waals surface area contributed by atoms with Crippen LogP contribution in [0.2, 0.25) is 0 Å². The Balaban J connectivity index is 1.62. The summed E-state index contributed by atoms with van der Waals surface area (Å²) in [7, 11) is 4.01. The van der Waals surface area contributed by atoms with Crippen LogP contribution in [0.1, 0.15) is 25.3 Å². The topological polar surface area (TPSA) is 52.1 Å². The molecule has 6 heteroatoms. The number of ether oxygens (including phenoxy) is 1. The average Bonchev–Trinajstić information content (AvgIpc) is 2.67. The Bertz CT molecular complexity index is 541. The first-order valence-corrected chi connectivity index (χ1v) is 9.79. The van der Waals surface area contributed by atoms with E-state index in [0.29, 0.717) is 13.2 Å². The molecule has 0 aromatic heterocycles. The van der Waals surface area contributed by atoms with Crippen molar-refractivity contribution in [1.29, 1.82) is 0 Å². The molecule has 1 aromatic rings. The molecule has 2 N–H and O–H groups in total. The molecular weight excluding hydrogens is 326 g/mol. The Morgan fingerprint density at radius 1 is 1.12 bits per heavy atom. The molecule has 146 valence electrons. The Morgan fingerprint density at radius 2 is 1.88 bits per heavy atom. The van der Waals surface area contributed by atoms with Gasteiger partial charge in [0.2, 0.25) is 0 Å². The number of hydrogen-bond acceptors (Lipinski definition) is 4. The van der Waals surface area contributed by atoms with Crippen molar-refractivity contribution in [1.82, 2.24) is 20.4 Å². The van der Waals surface area contributed by atoms with Crippen LogP contribution in [-0.2, 0) is 6.54 Å². The van der Waals surface area contributed by atoms with Crippen molar-refractivity contribution in [3.05, 3.63) is 29.8 Å². The SMILES string of the molecule is CCOc1ccccc1CNC(=NC)NCCCCN1CCN(C)CC1. The fraction of sp³-hybridized carbons (Fsp3) is 0.650. The van der Waals surface area contributed by atoms with E-state index in [9.17, 15) is 0 Å². The average molecular weight is 362 g/mol. The number of benzene rings is 1. The molecule has 0 saturated carbocycles. The van der Waals surface area contributed by atoms with Gasteiger partial charge in [-0.25, -0.2) is 0 Å². The number of likely N-dealkylation sites (N-methyl/N-ethyl adjacent to an activating group) is 1. The van der Waals surface area contributed by atoms with Crippen molar-refractivity contribution in [2.24, 2.45) is 4.99 Å². The summed E-state index contributed by atoms with van der Waals surface area (Å²) >= 11 is 0. The number of aliphatic imine (C=N–C) groups is 1. The van der Waals surface area contributed by atoms with Gasteiger partial charge in [0, 0.05) is 51.9 Å². The first-order chi connectivity index (χ1) is 12.7. The zero-order valence-electron chi connectivity index (χ0n) is 16.6. The third-order valence-electron chi connectivity index (χ3n) is 4.73.